The average Bonchev–Trinajstić information content (AvgIpc) is 2.54. The second kappa shape index (κ2) is 4.96. The third kappa shape index (κ3) is 2.55. The van der Waals surface area contributed by atoms with Gasteiger partial charge >= 0.3 is 0 Å². The number of hydrogen-bond donors (Lipinski definition) is 0. The topological polar surface area (TPSA) is 39.2 Å². The van der Waals surface area contributed by atoms with Gasteiger partial charge in [0.1, 0.15) is 5.78 Å². The molecule has 0 aromatic carbocycles. The Hall–Kier alpha value is -1.22. The summed E-state index contributed by atoms with van der Waals surface area (Å²) in [6.07, 6.45) is 4.15. The molecule has 2 rings (SSSR count). The lowest BCUT2D eigenvalue weighted by Gasteiger charge is -2.16. The third-order valence-electron chi connectivity index (χ3n) is 3.74. The lowest BCUT2D eigenvalue weighted by atomic mass is 9.84. The van der Waals surface area contributed by atoms with Gasteiger partial charge in [0.2, 0.25) is 0 Å². The van der Waals surface area contributed by atoms with E-state index < -0.39 is 0 Å². The molecule has 92 valence electrons. The number of ether oxygens (including phenoxy) is 1. The van der Waals surface area contributed by atoms with Crippen LogP contribution in [-0.2, 0) is 16.0 Å². The highest BCUT2D eigenvalue weighted by Gasteiger charge is 2.40. The van der Waals surface area contributed by atoms with Gasteiger partial charge in [-0.2, -0.15) is 0 Å². The van der Waals surface area contributed by atoms with Crippen molar-refractivity contribution in [1.29, 1.82) is 0 Å². The van der Waals surface area contributed by atoms with E-state index in [2.05, 4.69) is 11.9 Å². The van der Waals surface area contributed by atoms with Crippen molar-refractivity contribution in [3.8, 4) is 0 Å². The van der Waals surface area contributed by atoms with Crippen LogP contribution in [0.2, 0.25) is 0 Å². The number of pyridine rings is 1. The minimum atomic E-state index is 0.0261. The molecule has 2 heterocycles. The van der Waals surface area contributed by atoms with E-state index in [9.17, 15) is 4.79 Å². The second-order valence-electron chi connectivity index (χ2n) is 4.93. The van der Waals surface area contributed by atoms with Crippen molar-refractivity contribution < 1.29 is 9.53 Å². The van der Waals surface area contributed by atoms with Gasteiger partial charge in [0.05, 0.1) is 12.2 Å². The fourth-order valence-electron chi connectivity index (χ4n) is 2.64. The van der Waals surface area contributed by atoms with Crippen LogP contribution in [0.5, 0.6) is 0 Å². The minimum Gasteiger partial charge on any atom is -0.375 e. The molecule has 4 atom stereocenters. The van der Waals surface area contributed by atoms with Crippen LogP contribution in [0.3, 0.4) is 0 Å². The predicted octanol–water partition coefficient (Wildman–Crippen LogP) is 2.25. The van der Waals surface area contributed by atoms with Crippen molar-refractivity contribution in [2.45, 2.75) is 39.4 Å². The maximum Gasteiger partial charge on any atom is 0.143 e. The molecular weight excluding hydrogens is 214 g/mol. The Labute approximate surface area is 102 Å². The second-order valence-corrected chi connectivity index (χ2v) is 4.93. The quantitative estimate of drug-likeness (QED) is 0.803. The van der Waals surface area contributed by atoms with Crippen LogP contribution in [0, 0.1) is 11.8 Å². The zero-order chi connectivity index (χ0) is 12.4. The van der Waals surface area contributed by atoms with Crippen LogP contribution in [0.1, 0.15) is 26.3 Å². The van der Waals surface area contributed by atoms with E-state index in [4.69, 9.17) is 4.74 Å². The Morgan fingerprint density at radius 2 is 1.88 bits per heavy atom. The highest BCUT2D eigenvalue weighted by Crippen LogP contribution is 2.33. The zero-order valence-electron chi connectivity index (χ0n) is 10.6. The normalized spacial score (nSPS) is 32.6. The highest BCUT2D eigenvalue weighted by atomic mass is 16.5. The number of carbonyl (C=O) groups is 1. The fourth-order valence-corrected chi connectivity index (χ4v) is 2.64. The number of aromatic nitrogens is 1. The molecule has 1 fully saturated rings. The van der Waals surface area contributed by atoms with Crippen molar-refractivity contribution in [2.75, 3.05) is 0 Å². The fraction of sp³-hybridized carbons (Fsp3) is 0.571. The van der Waals surface area contributed by atoms with E-state index in [-0.39, 0.29) is 23.9 Å². The lowest BCUT2D eigenvalue weighted by Crippen LogP contribution is -2.28. The maximum absolute atomic E-state index is 12.3. The van der Waals surface area contributed by atoms with Gasteiger partial charge in [-0.1, -0.05) is 6.92 Å². The van der Waals surface area contributed by atoms with E-state index in [1.165, 1.54) is 0 Å². The molecule has 0 N–H and O–H groups in total. The predicted molar refractivity (Wildman–Crippen MR) is 65.6 cm³/mol. The Kier molecular flexibility index (Phi) is 3.57. The minimum absolute atomic E-state index is 0.0261. The van der Waals surface area contributed by atoms with Gasteiger partial charge in [0.25, 0.3) is 0 Å². The molecule has 3 heteroatoms. The van der Waals surface area contributed by atoms with Crippen LogP contribution in [0.4, 0.5) is 0 Å². The molecule has 1 aliphatic heterocycles. The zero-order valence-corrected chi connectivity index (χ0v) is 10.6. The highest BCUT2D eigenvalue weighted by molar-refractivity contribution is 5.84. The van der Waals surface area contributed by atoms with Gasteiger partial charge in [-0.3, -0.25) is 9.78 Å². The summed E-state index contributed by atoms with van der Waals surface area (Å²) >= 11 is 0. The molecule has 1 saturated heterocycles. The first-order chi connectivity index (χ1) is 8.09. The number of nitrogens with zero attached hydrogens (tertiary/aromatic N) is 1. The molecule has 1 aromatic rings. The number of rotatable bonds is 3. The molecule has 0 aliphatic carbocycles. The molecule has 1 aliphatic rings. The van der Waals surface area contributed by atoms with Crippen molar-refractivity contribution in [2.24, 2.45) is 11.8 Å². The Morgan fingerprint density at radius 3 is 2.41 bits per heavy atom. The van der Waals surface area contributed by atoms with Crippen molar-refractivity contribution in [1.82, 2.24) is 4.98 Å². The number of Topliss-reactive ketones (excluding diaryl/α,β-unsaturated/α-hetero) is 1. The van der Waals surface area contributed by atoms with Crippen LogP contribution in [0.15, 0.2) is 24.5 Å². The standard InChI is InChI=1S/C14H19NO2/c1-9-10(2)17-11(3)14(9)13(16)8-12-4-6-15-7-5-12/h4-7,9-11,14H,8H2,1-3H3. The summed E-state index contributed by atoms with van der Waals surface area (Å²) in [7, 11) is 0. The summed E-state index contributed by atoms with van der Waals surface area (Å²) in [5, 5.41) is 0. The third-order valence-corrected chi connectivity index (χ3v) is 3.74. The summed E-state index contributed by atoms with van der Waals surface area (Å²) in [6.45, 7) is 6.14. The van der Waals surface area contributed by atoms with E-state index in [0.717, 1.165) is 5.56 Å². The van der Waals surface area contributed by atoms with Gasteiger partial charge in [-0.05, 0) is 37.5 Å². The largest absolute Gasteiger partial charge is 0.375 e. The van der Waals surface area contributed by atoms with Crippen LogP contribution in [0.25, 0.3) is 0 Å². The summed E-state index contributed by atoms with van der Waals surface area (Å²) in [4.78, 5) is 16.2. The van der Waals surface area contributed by atoms with Crippen LogP contribution < -0.4 is 0 Å². The molecule has 0 radical (unpaired) electrons. The maximum atomic E-state index is 12.3. The van der Waals surface area contributed by atoms with Crippen molar-refractivity contribution in [3.05, 3.63) is 30.1 Å². The van der Waals surface area contributed by atoms with Gasteiger partial charge in [0, 0.05) is 24.7 Å². The SMILES string of the molecule is CC1OC(C)C(C(=O)Cc2ccncc2)C1C. The molecule has 0 saturated carbocycles. The lowest BCUT2D eigenvalue weighted by molar-refractivity contribution is -0.124. The Morgan fingerprint density at radius 1 is 1.24 bits per heavy atom. The molecule has 1 aromatic heterocycles. The summed E-state index contributed by atoms with van der Waals surface area (Å²) in [5.74, 6) is 0.609. The molecular formula is C14H19NO2. The smallest absolute Gasteiger partial charge is 0.143 e. The molecule has 0 spiro atoms. The van der Waals surface area contributed by atoms with Gasteiger partial charge in [-0.15, -0.1) is 0 Å². The number of carbonyl (C=O) groups excluding carboxylic acids is 1. The van der Waals surface area contributed by atoms with Crippen molar-refractivity contribution in [3.63, 3.8) is 0 Å². The Balaban J connectivity index is 2.06. The number of ketones is 1. The summed E-state index contributed by atoms with van der Waals surface area (Å²) in [5.41, 5.74) is 1.03. The van der Waals surface area contributed by atoms with Gasteiger partial charge < -0.3 is 4.74 Å². The van der Waals surface area contributed by atoms with Gasteiger partial charge in [0.15, 0.2) is 0 Å². The van der Waals surface area contributed by atoms with E-state index in [1.54, 1.807) is 12.4 Å². The van der Waals surface area contributed by atoms with E-state index in [1.807, 2.05) is 26.0 Å². The number of hydrogen-bond acceptors (Lipinski definition) is 3. The average molecular weight is 233 g/mol. The first-order valence-corrected chi connectivity index (χ1v) is 6.16. The van der Waals surface area contributed by atoms with Crippen LogP contribution >= 0.6 is 0 Å². The van der Waals surface area contributed by atoms with Crippen molar-refractivity contribution >= 4 is 5.78 Å². The summed E-state index contributed by atoms with van der Waals surface area (Å²) in [6, 6.07) is 3.79. The monoisotopic (exact) mass is 233 g/mol. The van der Waals surface area contributed by atoms with E-state index in [0.29, 0.717) is 12.3 Å². The van der Waals surface area contributed by atoms with E-state index >= 15 is 0 Å². The Bertz CT molecular complexity index is 390. The molecule has 17 heavy (non-hydrogen) atoms. The molecule has 0 amide bonds. The molecule has 0 bridgehead atoms. The molecule has 4 unspecified atom stereocenters. The van der Waals surface area contributed by atoms with Gasteiger partial charge in [-0.25, -0.2) is 0 Å². The first-order valence-electron chi connectivity index (χ1n) is 6.16. The molecule has 3 nitrogen and oxygen atoms in total. The van der Waals surface area contributed by atoms with Crippen LogP contribution in [-0.4, -0.2) is 23.0 Å². The first kappa shape index (κ1) is 12.2. The summed E-state index contributed by atoms with van der Waals surface area (Å²) < 4.78 is 5.71.